The highest BCUT2D eigenvalue weighted by molar-refractivity contribution is 5.93. The van der Waals surface area contributed by atoms with Crippen molar-refractivity contribution >= 4 is 5.91 Å². The SMILES string of the molecule is O=C(NCC(O)(c1ccccc1)C1CC1)c1cc(-c2ccco2)on1. The number of rotatable bonds is 6. The Morgan fingerprint density at radius 3 is 2.68 bits per heavy atom. The van der Waals surface area contributed by atoms with Crippen LogP contribution in [0.25, 0.3) is 11.5 Å². The number of carbonyl (C=O) groups excluding carboxylic acids is 1. The lowest BCUT2D eigenvalue weighted by Gasteiger charge is -2.29. The average Bonchev–Trinajstić information content (AvgIpc) is 3.16. The van der Waals surface area contributed by atoms with Crippen LogP contribution in [0.2, 0.25) is 0 Å². The van der Waals surface area contributed by atoms with E-state index in [1.807, 2.05) is 30.3 Å². The second kappa shape index (κ2) is 6.22. The third-order valence-electron chi connectivity index (χ3n) is 4.55. The summed E-state index contributed by atoms with van der Waals surface area (Å²) in [5, 5.41) is 17.7. The minimum atomic E-state index is -1.06. The molecule has 1 amide bonds. The van der Waals surface area contributed by atoms with Crippen LogP contribution in [0.3, 0.4) is 0 Å². The molecule has 0 radical (unpaired) electrons. The first kappa shape index (κ1) is 15.7. The van der Waals surface area contributed by atoms with Gasteiger partial charge in [0, 0.05) is 6.07 Å². The van der Waals surface area contributed by atoms with Gasteiger partial charge in [-0.25, -0.2) is 0 Å². The molecule has 25 heavy (non-hydrogen) atoms. The smallest absolute Gasteiger partial charge is 0.273 e. The fraction of sp³-hybridized carbons (Fsp3) is 0.263. The zero-order chi connectivity index (χ0) is 17.3. The summed E-state index contributed by atoms with van der Waals surface area (Å²) in [4.78, 5) is 12.4. The van der Waals surface area contributed by atoms with Gasteiger partial charge in [0.1, 0.15) is 5.60 Å². The van der Waals surface area contributed by atoms with Crippen LogP contribution in [-0.2, 0) is 5.60 Å². The van der Waals surface area contributed by atoms with Gasteiger partial charge in [-0.05, 0) is 36.5 Å². The standard InChI is InChI=1S/C19H18N2O4/c22-18(15-11-17(25-21-15)16-7-4-10-24-16)20-12-19(23,14-8-9-14)13-5-2-1-3-6-13/h1-7,10-11,14,23H,8-9,12H2,(H,20,22). The van der Waals surface area contributed by atoms with Gasteiger partial charge in [0.25, 0.3) is 5.91 Å². The van der Waals surface area contributed by atoms with E-state index in [2.05, 4.69) is 10.5 Å². The zero-order valence-electron chi connectivity index (χ0n) is 13.5. The van der Waals surface area contributed by atoms with Crippen molar-refractivity contribution in [3.05, 3.63) is 66.1 Å². The quantitative estimate of drug-likeness (QED) is 0.721. The van der Waals surface area contributed by atoms with Crippen molar-refractivity contribution in [3.63, 3.8) is 0 Å². The van der Waals surface area contributed by atoms with Crippen molar-refractivity contribution in [1.29, 1.82) is 0 Å². The van der Waals surface area contributed by atoms with Gasteiger partial charge in [-0.2, -0.15) is 0 Å². The molecule has 1 aliphatic carbocycles. The Bertz CT molecular complexity index is 853. The highest BCUT2D eigenvalue weighted by Gasteiger charge is 2.45. The monoisotopic (exact) mass is 338 g/mol. The molecule has 1 fully saturated rings. The van der Waals surface area contributed by atoms with Gasteiger partial charge >= 0.3 is 0 Å². The molecule has 6 heteroatoms. The molecule has 0 spiro atoms. The molecule has 0 bridgehead atoms. The molecule has 0 aliphatic heterocycles. The Kier molecular flexibility index (Phi) is 3.89. The van der Waals surface area contributed by atoms with E-state index in [1.165, 1.54) is 12.3 Å². The number of amides is 1. The number of hydrogen-bond donors (Lipinski definition) is 2. The second-order valence-electron chi connectivity index (χ2n) is 6.30. The second-order valence-corrected chi connectivity index (χ2v) is 6.30. The number of hydrogen-bond acceptors (Lipinski definition) is 5. The largest absolute Gasteiger partial charge is 0.461 e. The maximum absolute atomic E-state index is 12.4. The molecule has 1 aromatic carbocycles. The van der Waals surface area contributed by atoms with Gasteiger partial charge in [-0.1, -0.05) is 35.5 Å². The summed E-state index contributed by atoms with van der Waals surface area (Å²) in [7, 11) is 0. The van der Waals surface area contributed by atoms with Crippen LogP contribution in [0.5, 0.6) is 0 Å². The molecule has 1 unspecified atom stereocenters. The minimum Gasteiger partial charge on any atom is -0.461 e. The predicted octanol–water partition coefficient (Wildman–Crippen LogP) is 2.96. The van der Waals surface area contributed by atoms with Gasteiger partial charge in [0.15, 0.2) is 11.5 Å². The summed E-state index contributed by atoms with van der Waals surface area (Å²) in [5.41, 5.74) is -0.100. The van der Waals surface area contributed by atoms with Crippen LogP contribution in [0.1, 0.15) is 28.9 Å². The van der Waals surface area contributed by atoms with Crippen LogP contribution in [0, 0.1) is 5.92 Å². The number of nitrogens with one attached hydrogen (secondary N) is 1. The predicted molar refractivity (Wildman–Crippen MR) is 89.6 cm³/mol. The van der Waals surface area contributed by atoms with Crippen LogP contribution >= 0.6 is 0 Å². The lowest BCUT2D eigenvalue weighted by molar-refractivity contribution is 0.0134. The summed E-state index contributed by atoms with van der Waals surface area (Å²) in [6.07, 6.45) is 3.43. The molecular formula is C19H18N2O4. The van der Waals surface area contributed by atoms with Gasteiger partial charge < -0.3 is 19.4 Å². The third kappa shape index (κ3) is 3.08. The average molecular weight is 338 g/mol. The number of benzene rings is 1. The molecule has 2 N–H and O–H groups in total. The molecule has 1 atom stereocenters. The van der Waals surface area contributed by atoms with Crippen molar-refractivity contribution in [3.8, 4) is 11.5 Å². The molecule has 0 saturated heterocycles. The van der Waals surface area contributed by atoms with Crippen molar-refractivity contribution < 1.29 is 18.8 Å². The molecule has 2 aromatic heterocycles. The Hall–Kier alpha value is -2.86. The Balaban J connectivity index is 1.47. The minimum absolute atomic E-state index is 0.128. The zero-order valence-corrected chi connectivity index (χ0v) is 13.5. The Labute approximate surface area is 144 Å². The molecule has 2 heterocycles. The molecule has 1 aliphatic rings. The summed E-state index contributed by atoms with van der Waals surface area (Å²) >= 11 is 0. The fourth-order valence-corrected chi connectivity index (χ4v) is 2.99. The summed E-state index contributed by atoms with van der Waals surface area (Å²) < 4.78 is 10.4. The van der Waals surface area contributed by atoms with Crippen LogP contribution in [0.15, 0.2) is 63.7 Å². The lowest BCUT2D eigenvalue weighted by atomic mass is 9.88. The first-order valence-electron chi connectivity index (χ1n) is 8.23. The summed E-state index contributed by atoms with van der Waals surface area (Å²) in [6, 6.07) is 14.4. The maximum atomic E-state index is 12.4. The van der Waals surface area contributed by atoms with Crippen molar-refractivity contribution in [2.24, 2.45) is 5.92 Å². The van der Waals surface area contributed by atoms with Crippen LogP contribution in [0.4, 0.5) is 0 Å². The van der Waals surface area contributed by atoms with E-state index < -0.39 is 11.5 Å². The van der Waals surface area contributed by atoms with E-state index in [9.17, 15) is 9.90 Å². The fourth-order valence-electron chi connectivity index (χ4n) is 2.99. The normalized spacial score (nSPS) is 16.4. The molecule has 4 rings (SSSR count). The Morgan fingerprint density at radius 2 is 2.00 bits per heavy atom. The number of nitrogens with zero attached hydrogens (tertiary/aromatic N) is 1. The van der Waals surface area contributed by atoms with E-state index in [-0.39, 0.29) is 18.2 Å². The van der Waals surface area contributed by atoms with E-state index >= 15 is 0 Å². The van der Waals surface area contributed by atoms with E-state index in [1.54, 1.807) is 12.1 Å². The van der Waals surface area contributed by atoms with Gasteiger partial charge in [-0.15, -0.1) is 0 Å². The third-order valence-corrected chi connectivity index (χ3v) is 4.55. The van der Waals surface area contributed by atoms with Crippen LogP contribution < -0.4 is 5.32 Å². The topological polar surface area (TPSA) is 88.5 Å². The van der Waals surface area contributed by atoms with E-state index in [4.69, 9.17) is 8.94 Å². The first-order chi connectivity index (χ1) is 12.2. The summed E-state index contributed by atoms with van der Waals surface area (Å²) in [5.74, 6) is 0.656. The molecule has 6 nitrogen and oxygen atoms in total. The van der Waals surface area contributed by atoms with Gasteiger partial charge in [0.2, 0.25) is 5.76 Å². The summed E-state index contributed by atoms with van der Waals surface area (Å²) in [6.45, 7) is 0.128. The first-order valence-corrected chi connectivity index (χ1v) is 8.23. The van der Waals surface area contributed by atoms with Crippen molar-refractivity contribution in [2.45, 2.75) is 18.4 Å². The van der Waals surface area contributed by atoms with E-state index in [0.717, 1.165) is 18.4 Å². The number of carbonyl (C=O) groups is 1. The maximum Gasteiger partial charge on any atom is 0.273 e. The van der Waals surface area contributed by atoms with Crippen molar-refractivity contribution in [1.82, 2.24) is 10.5 Å². The molecule has 128 valence electrons. The van der Waals surface area contributed by atoms with E-state index in [0.29, 0.717) is 11.5 Å². The molecule has 1 saturated carbocycles. The van der Waals surface area contributed by atoms with Gasteiger partial charge in [-0.3, -0.25) is 4.79 Å². The van der Waals surface area contributed by atoms with Crippen LogP contribution in [-0.4, -0.2) is 22.7 Å². The number of furan rings is 1. The molecule has 3 aromatic rings. The highest BCUT2D eigenvalue weighted by atomic mass is 16.5. The highest BCUT2D eigenvalue weighted by Crippen LogP contribution is 2.45. The van der Waals surface area contributed by atoms with Gasteiger partial charge in [0.05, 0.1) is 12.8 Å². The number of aromatic nitrogens is 1. The molecular weight excluding hydrogens is 320 g/mol. The Morgan fingerprint density at radius 1 is 1.20 bits per heavy atom. The number of aliphatic hydroxyl groups is 1. The lowest BCUT2D eigenvalue weighted by Crippen LogP contribution is -2.42. The van der Waals surface area contributed by atoms with Crippen molar-refractivity contribution in [2.75, 3.05) is 6.54 Å².